The highest BCUT2D eigenvalue weighted by Gasteiger charge is 2.12. The summed E-state index contributed by atoms with van der Waals surface area (Å²) in [5, 5.41) is 5.23. The van der Waals surface area contributed by atoms with Gasteiger partial charge in [-0.15, -0.1) is 0 Å². The van der Waals surface area contributed by atoms with E-state index < -0.39 is 23.2 Å². The second-order valence-corrected chi connectivity index (χ2v) is 4.66. The number of amides is 1. The van der Waals surface area contributed by atoms with E-state index in [9.17, 15) is 13.6 Å². The Morgan fingerprint density at radius 2 is 1.67 bits per heavy atom. The molecule has 0 saturated heterocycles. The molecule has 0 heterocycles. The Kier molecular flexibility index (Phi) is 5.00. The maximum Gasteiger partial charge on any atom is 0.238 e. The molecule has 0 aliphatic heterocycles. The summed E-state index contributed by atoms with van der Waals surface area (Å²) in [6.45, 7) is 1.87. The standard InChI is InChI=1S/C16H16F2N2O/c1-11(12-6-3-2-4-7-12)19-10-15(21)20-16-13(17)8-5-9-14(16)18/h2-9,11,19H,10H2,1H3,(H,20,21)/t11-/m0/s1. The summed E-state index contributed by atoms with van der Waals surface area (Å²) in [4.78, 5) is 11.7. The molecule has 0 fully saturated rings. The first-order chi connectivity index (χ1) is 10.1. The summed E-state index contributed by atoms with van der Waals surface area (Å²) < 4.78 is 26.8. The van der Waals surface area contributed by atoms with Gasteiger partial charge in [-0.25, -0.2) is 8.78 Å². The third-order valence-corrected chi connectivity index (χ3v) is 3.10. The predicted molar refractivity (Wildman–Crippen MR) is 77.8 cm³/mol. The van der Waals surface area contributed by atoms with Gasteiger partial charge in [0.15, 0.2) is 0 Å². The number of benzene rings is 2. The lowest BCUT2D eigenvalue weighted by Gasteiger charge is -2.14. The summed E-state index contributed by atoms with van der Waals surface area (Å²) in [6.07, 6.45) is 0. The molecule has 0 radical (unpaired) electrons. The lowest BCUT2D eigenvalue weighted by atomic mass is 10.1. The molecular formula is C16H16F2N2O. The SMILES string of the molecule is C[C@H](NCC(=O)Nc1c(F)cccc1F)c1ccccc1. The number of hydrogen-bond acceptors (Lipinski definition) is 2. The molecule has 2 aromatic carbocycles. The summed E-state index contributed by atoms with van der Waals surface area (Å²) in [7, 11) is 0. The smallest absolute Gasteiger partial charge is 0.238 e. The van der Waals surface area contributed by atoms with Crippen molar-refractivity contribution < 1.29 is 13.6 Å². The lowest BCUT2D eigenvalue weighted by molar-refractivity contribution is -0.115. The van der Waals surface area contributed by atoms with Crippen LogP contribution < -0.4 is 10.6 Å². The van der Waals surface area contributed by atoms with E-state index in [1.807, 2.05) is 37.3 Å². The van der Waals surface area contributed by atoms with Crippen molar-refractivity contribution in [2.45, 2.75) is 13.0 Å². The molecule has 0 saturated carbocycles. The van der Waals surface area contributed by atoms with E-state index in [2.05, 4.69) is 10.6 Å². The largest absolute Gasteiger partial charge is 0.320 e. The molecule has 110 valence electrons. The Morgan fingerprint density at radius 1 is 1.05 bits per heavy atom. The second kappa shape index (κ2) is 6.95. The van der Waals surface area contributed by atoms with Gasteiger partial charge in [0.1, 0.15) is 17.3 Å². The molecular weight excluding hydrogens is 274 g/mol. The molecule has 0 spiro atoms. The lowest BCUT2D eigenvalue weighted by Crippen LogP contribution is -2.30. The molecule has 0 unspecified atom stereocenters. The van der Waals surface area contributed by atoms with Crippen molar-refractivity contribution in [3.05, 3.63) is 65.7 Å². The van der Waals surface area contributed by atoms with Gasteiger partial charge < -0.3 is 10.6 Å². The van der Waals surface area contributed by atoms with E-state index in [4.69, 9.17) is 0 Å². The summed E-state index contributed by atoms with van der Waals surface area (Å²) >= 11 is 0. The van der Waals surface area contributed by atoms with Crippen LogP contribution in [-0.4, -0.2) is 12.5 Å². The fraction of sp³-hybridized carbons (Fsp3) is 0.188. The van der Waals surface area contributed by atoms with Crippen molar-refractivity contribution >= 4 is 11.6 Å². The molecule has 3 nitrogen and oxygen atoms in total. The third kappa shape index (κ3) is 4.10. The molecule has 0 aliphatic rings. The van der Waals surface area contributed by atoms with Crippen LogP contribution in [-0.2, 0) is 4.79 Å². The second-order valence-electron chi connectivity index (χ2n) is 4.66. The van der Waals surface area contributed by atoms with E-state index >= 15 is 0 Å². The first-order valence-corrected chi connectivity index (χ1v) is 6.60. The molecule has 0 bridgehead atoms. The molecule has 2 aromatic rings. The van der Waals surface area contributed by atoms with Gasteiger partial charge in [0, 0.05) is 6.04 Å². The number of carbonyl (C=O) groups excluding carboxylic acids is 1. The van der Waals surface area contributed by atoms with Crippen LogP contribution in [0.5, 0.6) is 0 Å². The van der Waals surface area contributed by atoms with E-state index in [0.717, 1.165) is 17.7 Å². The zero-order valence-electron chi connectivity index (χ0n) is 11.6. The third-order valence-electron chi connectivity index (χ3n) is 3.10. The number of rotatable bonds is 5. The molecule has 1 atom stereocenters. The van der Waals surface area contributed by atoms with Crippen LogP contribution in [0.1, 0.15) is 18.5 Å². The summed E-state index contributed by atoms with van der Waals surface area (Å²) in [5.74, 6) is -2.08. The van der Waals surface area contributed by atoms with Gasteiger partial charge in [0.2, 0.25) is 5.91 Å². The highest BCUT2D eigenvalue weighted by Crippen LogP contribution is 2.17. The van der Waals surface area contributed by atoms with Crippen LogP contribution in [0.2, 0.25) is 0 Å². The van der Waals surface area contributed by atoms with Crippen molar-refractivity contribution in [2.24, 2.45) is 0 Å². The molecule has 0 aromatic heterocycles. The maximum absolute atomic E-state index is 13.4. The number of hydrogen-bond donors (Lipinski definition) is 2. The van der Waals surface area contributed by atoms with E-state index in [0.29, 0.717) is 0 Å². The Bertz CT molecular complexity index is 597. The van der Waals surface area contributed by atoms with Gasteiger partial charge in [0.25, 0.3) is 0 Å². The van der Waals surface area contributed by atoms with Gasteiger partial charge in [-0.3, -0.25) is 4.79 Å². The number of nitrogens with one attached hydrogen (secondary N) is 2. The van der Waals surface area contributed by atoms with Crippen molar-refractivity contribution in [2.75, 3.05) is 11.9 Å². The average molecular weight is 290 g/mol. The topological polar surface area (TPSA) is 41.1 Å². The van der Waals surface area contributed by atoms with Crippen LogP contribution in [0.4, 0.5) is 14.5 Å². The number of para-hydroxylation sites is 1. The fourth-order valence-electron chi connectivity index (χ4n) is 1.91. The predicted octanol–water partition coefficient (Wildman–Crippen LogP) is 3.25. The summed E-state index contributed by atoms with van der Waals surface area (Å²) in [6, 6.07) is 13.0. The van der Waals surface area contributed by atoms with Gasteiger partial charge in [0.05, 0.1) is 6.54 Å². The minimum absolute atomic E-state index is 0.0379. The monoisotopic (exact) mass is 290 g/mol. The van der Waals surface area contributed by atoms with Crippen molar-refractivity contribution in [3.8, 4) is 0 Å². The first kappa shape index (κ1) is 15.1. The van der Waals surface area contributed by atoms with Gasteiger partial charge in [-0.1, -0.05) is 36.4 Å². The highest BCUT2D eigenvalue weighted by molar-refractivity contribution is 5.92. The van der Waals surface area contributed by atoms with E-state index in [1.54, 1.807) is 0 Å². The van der Waals surface area contributed by atoms with Crippen LogP contribution in [0, 0.1) is 11.6 Å². The quantitative estimate of drug-likeness (QED) is 0.887. The molecule has 2 rings (SSSR count). The Hall–Kier alpha value is -2.27. The van der Waals surface area contributed by atoms with Crippen LogP contribution >= 0.6 is 0 Å². The number of carbonyl (C=O) groups is 1. The molecule has 0 aliphatic carbocycles. The van der Waals surface area contributed by atoms with Crippen LogP contribution in [0.3, 0.4) is 0 Å². The molecule has 5 heteroatoms. The molecule has 1 amide bonds. The zero-order chi connectivity index (χ0) is 15.2. The van der Waals surface area contributed by atoms with Crippen LogP contribution in [0.15, 0.2) is 48.5 Å². The van der Waals surface area contributed by atoms with Gasteiger partial charge in [-0.2, -0.15) is 0 Å². The van der Waals surface area contributed by atoms with Gasteiger partial charge in [-0.05, 0) is 24.6 Å². The minimum atomic E-state index is -0.792. The zero-order valence-corrected chi connectivity index (χ0v) is 11.6. The molecule has 21 heavy (non-hydrogen) atoms. The average Bonchev–Trinajstić information content (AvgIpc) is 2.49. The van der Waals surface area contributed by atoms with E-state index in [1.165, 1.54) is 6.07 Å². The maximum atomic E-state index is 13.4. The first-order valence-electron chi connectivity index (χ1n) is 6.60. The number of anilines is 1. The van der Waals surface area contributed by atoms with Crippen molar-refractivity contribution in [1.29, 1.82) is 0 Å². The van der Waals surface area contributed by atoms with E-state index in [-0.39, 0.29) is 12.6 Å². The Labute approximate surface area is 122 Å². The Morgan fingerprint density at radius 3 is 2.29 bits per heavy atom. The molecule has 2 N–H and O–H groups in total. The number of halogens is 2. The van der Waals surface area contributed by atoms with Crippen LogP contribution in [0.25, 0.3) is 0 Å². The van der Waals surface area contributed by atoms with Crippen molar-refractivity contribution in [3.63, 3.8) is 0 Å². The van der Waals surface area contributed by atoms with Crippen molar-refractivity contribution in [1.82, 2.24) is 5.32 Å². The summed E-state index contributed by atoms with van der Waals surface area (Å²) in [5.41, 5.74) is 0.610. The minimum Gasteiger partial charge on any atom is -0.320 e. The highest BCUT2D eigenvalue weighted by atomic mass is 19.1. The Balaban J connectivity index is 1.91. The fourth-order valence-corrected chi connectivity index (χ4v) is 1.91. The van der Waals surface area contributed by atoms with Gasteiger partial charge >= 0.3 is 0 Å². The normalized spacial score (nSPS) is 12.0.